The minimum absolute atomic E-state index is 0.307. The highest BCUT2D eigenvalue weighted by atomic mass is 16.3. The molecule has 2 nitrogen and oxygen atoms in total. The predicted molar refractivity (Wildman–Crippen MR) is 66.0 cm³/mol. The van der Waals surface area contributed by atoms with Crippen molar-refractivity contribution in [3.05, 3.63) is 36.1 Å². The third-order valence-electron chi connectivity index (χ3n) is 2.54. The van der Waals surface area contributed by atoms with Crippen LogP contribution in [0.2, 0.25) is 0 Å². The largest absolute Gasteiger partial charge is 0.460 e. The molecule has 0 radical (unpaired) electrons. The highest BCUT2D eigenvalue weighted by molar-refractivity contribution is 5.77. The molecule has 0 aliphatic carbocycles. The quantitative estimate of drug-likeness (QED) is 0.793. The number of nitrogens with one attached hydrogen (secondary N) is 1. The third-order valence-corrected chi connectivity index (χ3v) is 2.54. The zero-order chi connectivity index (χ0) is 11.6. The molecule has 1 aromatic heterocycles. The molecule has 0 aliphatic rings. The van der Waals surface area contributed by atoms with Crippen molar-refractivity contribution < 1.29 is 4.42 Å². The summed E-state index contributed by atoms with van der Waals surface area (Å²) in [5.74, 6) is 3.60. The molecule has 82 valence electrons. The molecule has 0 bridgehead atoms. The molecule has 0 atom stereocenters. The molecule has 0 aliphatic heterocycles. The van der Waals surface area contributed by atoms with Crippen LogP contribution in [0, 0.1) is 12.3 Å². The Morgan fingerprint density at radius 3 is 2.81 bits per heavy atom. The molecule has 0 amide bonds. The van der Waals surface area contributed by atoms with Gasteiger partial charge in [0.15, 0.2) is 0 Å². The smallest absolute Gasteiger partial charge is 0.134 e. The maximum Gasteiger partial charge on any atom is 0.134 e. The second-order valence-corrected chi connectivity index (χ2v) is 4.37. The lowest BCUT2D eigenvalue weighted by Gasteiger charge is -2.18. The van der Waals surface area contributed by atoms with E-state index in [0.717, 1.165) is 16.7 Å². The van der Waals surface area contributed by atoms with E-state index in [1.165, 1.54) is 0 Å². The fourth-order valence-electron chi connectivity index (χ4n) is 1.48. The summed E-state index contributed by atoms with van der Waals surface area (Å²) in [6.07, 6.45) is 5.40. The molecule has 1 aromatic carbocycles. The molecular formula is C14H15NO. The minimum atomic E-state index is -0.307. The van der Waals surface area contributed by atoms with Crippen LogP contribution in [0.5, 0.6) is 0 Å². The average Bonchev–Trinajstić information content (AvgIpc) is 2.69. The first kappa shape index (κ1) is 10.8. The van der Waals surface area contributed by atoms with Gasteiger partial charge in [-0.15, -0.1) is 6.42 Å². The number of rotatable bonds is 3. The lowest BCUT2D eigenvalue weighted by molar-refractivity contribution is 0.441. The van der Waals surface area contributed by atoms with E-state index in [9.17, 15) is 0 Å². The maximum atomic E-state index is 5.68. The van der Waals surface area contributed by atoms with Crippen LogP contribution < -0.4 is 5.32 Å². The summed E-state index contributed by atoms with van der Waals surface area (Å²) in [4.78, 5) is 0. The first-order valence-electron chi connectivity index (χ1n) is 5.31. The Morgan fingerprint density at radius 1 is 1.38 bits per heavy atom. The van der Waals surface area contributed by atoms with Crippen LogP contribution in [0.15, 0.2) is 34.7 Å². The molecule has 1 N–H and O–H groups in total. The number of hydrogen-bond acceptors (Lipinski definition) is 2. The Morgan fingerprint density at radius 2 is 2.12 bits per heavy atom. The number of fused-ring (bicyclic) bond motifs is 1. The van der Waals surface area contributed by atoms with E-state index in [1.807, 2.05) is 44.2 Å². The zero-order valence-corrected chi connectivity index (χ0v) is 9.58. The molecule has 2 rings (SSSR count). The van der Waals surface area contributed by atoms with E-state index in [-0.39, 0.29) is 5.54 Å². The highest BCUT2D eigenvalue weighted by Crippen LogP contribution is 2.19. The van der Waals surface area contributed by atoms with Gasteiger partial charge in [0.25, 0.3) is 0 Å². The molecule has 2 heteroatoms. The van der Waals surface area contributed by atoms with Gasteiger partial charge >= 0.3 is 0 Å². The van der Waals surface area contributed by atoms with Gasteiger partial charge in [0.05, 0.1) is 12.1 Å². The van der Waals surface area contributed by atoms with E-state index in [0.29, 0.717) is 6.54 Å². The number of terminal acetylenes is 1. The van der Waals surface area contributed by atoms with Gasteiger partial charge in [-0.2, -0.15) is 0 Å². The Balaban J connectivity index is 2.14. The zero-order valence-electron chi connectivity index (χ0n) is 9.58. The van der Waals surface area contributed by atoms with Gasteiger partial charge in [-0.25, -0.2) is 0 Å². The highest BCUT2D eigenvalue weighted by Gasteiger charge is 2.13. The van der Waals surface area contributed by atoms with Crippen molar-refractivity contribution in [3.8, 4) is 12.3 Å². The van der Waals surface area contributed by atoms with Gasteiger partial charge in [-0.3, -0.25) is 5.32 Å². The Hall–Kier alpha value is -1.72. The molecule has 0 saturated carbocycles. The molecule has 2 aromatic rings. The standard InChI is InChI=1S/C14H15NO/c1-4-14(2,3)15-10-12-9-11-7-5-6-8-13(11)16-12/h1,5-9,15H,10H2,2-3H3. The molecule has 0 spiro atoms. The van der Waals surface area contributed by atoms with E-state index < -0.39 is 0 Å². The summed E-state index contributed by atoms with van der Waals surface area (Å²) >= 11 is 0. The van der Waals surface area contributed by atoms with Crippen molar-refractivity contribution in [1.29, 1.82) is 0 Å². The normalized spacial score (nSPS) is 11.6. The second kappa shape index (κ2) is 4.03. The first-order chi connectivity index (χ1) is 7.61. The van der Waals surface area contributed by atoms with Gasteiger partial charge in [0.1, 0.15) is 11.3 Å². The lowest BCUT2D eigenvalue weighted by Crippen LogP contribution is -2.36. The summed E-state index contributed by atoms with van der Waals surface area (Å²) in [7, 11) is 0. The lowest BCUT2D eigenvalue weighted by atomic mass is 10.1. The molecule has 16 heavy (non-hydrogen) atoms. The topological polar surface area (TPSA) is 25.2 Å². The maximum absolute atomic E-state index is 5.68. The molecular weight excluding hydrogens is 198 g/mol. The number of para-hydroxylation sites is 1. The van der Waals surface area contributed by atoms with Crippen molar-refractivity contribution in [2.45, 2.75) is 25.9 Å². The predicted octanol–water partition coefficient (Wildman–Crippen LogP) is 2.93. The molecule has 0 fully saturated rings. The van der Waals surface area contributed by atoms with Crippen LogP contribution in [0.4, 0.5) is 0 Å². The monoisotopic (exact) mass is 213 g/mol. The summed E-state index contributed by atoms with van der Waals surface area (Å²) in [6.45, 7) is 4.58. The number of benzene rings is 1. The Labute approximate surface area is 95.6 Å². The SMILES string of the molecule is C#CC(C)(C)NCc1cc2ccccc2o1. The fraction of sp³-hybridized carbons (Fsp3) is 0.286. The second-order valence-electron chi connectivity index (χ2n) is 4.37. The summed E-state index contributed by atoms with van der Waals surface area (Å²) in [5, 5.41) is 4.38. The van der Waals surface area contributed by atoms with Gasteiger partial charge in [-0.1, -0.05) is 24.1 Å². The van der Waals surface area contributed by atoms with Crippen molar-refractivity contribution in [1.82, 2.24) is 5.32 Å². The Bertz CT molecular complexity index is 498. The fourth-order valence-corrected chi connectivity index (χ4v) is 1.48. The Kier molecular flexibility index (Phi) is 2.72. The van der Waals surface area contributed by atoms with Crippen LogP contribution >= 0.6 is 0 Å². The third kappa shape index (κ3) is 2.26. The van der Waals surface area contributed by atoms with Gasteiger partial charge < -0.3 is 4.42 Å². The summed E-state index contributed by atoms with van der Waals surface area (Å²) < 4.78 is 5.68. The van der Waals surface area contributed by atoms with E-state index in [1.54, 1.807) is 0 Å². The molecule has 0 saturated heterocycles. The van der Waals surface area contributed by atoms with E-state index in [2.05, 4.69) is 11.2 Å². The van der Waals surface area contributed by atoms with Crippen LogP contribution in [0.3, 0.4) is 0 Å². The molecule has 0 unspecified atom stereocenters. The number of furan rings is 1. The molecule has 1 heterocycles. The van der Waals surface area contributed by atoms with Crippen LogP contribution in [0.25, 0.3) is 11.0 Å². The van der Waals surface area contributed by atoms with Gasteiger partial charge in [-0.05, 0) is 26.0 Å². The van der Waals surface area contributed by atoms with Gasteiger partial charge in [0.2, 0.25) is 0 Å². The van der Waals surface area contributed by atoms with Crippen molar-refractivity contribution >= 4 is 11.0 Å². The van der Waals surface area contributed by atoms with Crippen LogP contribution in [-0.4, -0.2) is 5.54 Å². The van der Waals surface area contributed by atoms with Crippen LogP contribution in [0.1, 0.15) is 19.6 Å². The summed E-state index contributed by atoms with van der Waals surface area (Å²) in [6, 6.07) is 10.0. The van der Waals surface area contributed by atoms with E-state index >= 15 is 0 Å². The van der Waals surface area contributed by atoms with E-state index in [4.69, 9.17) is 10.8 Å². The number of hydrogen-bond donors (Lipinski definition) is 1. The van der Waals surface area contributed by atoms with Crippen molar-refractivity contribution in [3.63, 3.8) is 0 Å². The average molecular weight is 213 g/mol. The van der Waals surface area contributed by atoms with Crippen molar-refractivity contribution in [2.75, 3.05) is 0 Å². The minimum Gasteiger partial charge on any atom is -0.460 e. The van der Waals surface area contributed by atoms with Gasteiger partial charge in [0, 0.05) is 5.39 Å². The van der Waals surface area contributed by atoms with Crippen LogP contribution in [-0.2, 0) is 6.54 Å². The summed E-state index contributed by atoms with van der Waals surface area (Å²) in [5.41, 5.74) is 0.608. The first-order valence-corrected chi connectivity index (χ1v) is 5.31. The van der Waals surface area contributed by atoms with Crippen molar-refractivity contribution in [2.24, 2.45) is 0 Å².